The van der Waals surface area contributed by atoms with Gasteiger partial charge in [0, 0.05) is 32.3 Å². The quantitative estimate of drug-likeness (QED) is 0.737. The highest BCUT2D eigenvalue weighted by Crippen LogP contribution is 2.17. The van der Waals surface area contributed by atoms with Gasteiger partial charge < -0.3 is 4.90 Å². The average molecular weight is 293 g/mol. The number of aromatic nitrogens is 2. The fourth-order valence-electron chi connectivity index (χ4n) is 2.56. The van der Waals surface area contributed by atoms with Gasteiger partial charge in [0.2, 0.25) is 5.91 Å². The second kappa shape index (κ2) is 8.20. The van der Waals surface area contributed by atoms with Crippen molar-refractivity contribution in [2.24, 2.45) is 5.92 Å². The van der Waals surface area contributed by atoms with Crippen LogP contribution in [0.15, 0.2) is 0 Å². The van der Waals surface area contributed by atoms with Gasteiger partial charge in [-0.1, -0.05) is 27.2 Å². The molecule has 0 unspecified atom stereocenters. The van der Waals surface area contributed by atoms with Crippen LogP contribution in [0.5, 0.6) is 0 Å². The summed E-state index contributed by atoms with van der Waals surface area (Å²) >= 11 is 0. The van der Waals surface area contributed by atoms with Gasteiger partial charge in [-0.25, -0.2) is 0 Å². The standard InChI is InChI=1S/C17H31N3O/c1-7-8-11-19(6)17(21)10-9-16-14(4)18-20(15(16)5)12-13(2)3/h13H,7-12H2,1-6H3. The molecular weight excluding hydrogens is 262 g/mol. The summed E-state index contributed by atoms with van der Waals surface area (Å²) in [5, 5.41) is 4.61. The van der Waals surface area contributed by atoms with E-state index in [0.717, 1.165) is 38.0 Å². The van der Waals surface area contributed by atoms with Gasteiger partial charge in [-0.05, 0) is 38.2 Å². The fourth-order valence-corrected chi connectivity index (χ4v) is 2.56. The topological polar surface area (TPSA) is 38.1 Å². The lowest BCUT2D eigenvalue weighted by molar-refractivity contribution is -0.129. The van der Waals surface area contributed by atoms with Crippen LogP contribution >= 0.6 is 0 Å². The van der Waals surface area contributed by atoms with Crippen molar-refractivity contribution in [1.82, 2.24) is 14.7 Å². The van der Waals surface area contributed by atoms with Gasteiger partial charge in [-0.3, -0.25) is 9.48 Å². The molecule has 0 aromatic carbocycles. The molecule has 0 saturated heterocycles. The van der Waals surface area contributed by atoms with Crippen LogP contribution in [0.1, 0.15) is 57.0 Å². The van der Waals surface area contributed by atoms with Crippen LogP contribution in [-0.2, 0) is 17.8 Å². The van der Waals surface area contributed by atoms with E-state index in [1.165, 1.54) is 11.3 Å². The normalized spacial score (nSPS) is 11.2. The van der Waals surface area contributed by atoms with Gasteiger partial charge in [0.15, 0.2) is 0 Å². The maximum atomic E-state index is 12.1. The number of carbonyl (C=O) groups is 1. The van der Waals surface area contributed by atoms with Crippen LogP contribution in [0.4, 0.5) is 0 Å². The van der Waals surface area contributed by atoms with Crippen molar-refractivity contribution in [1.29, 1.82) is 0 Å². The molecule has 0 atom stereocenters. The third kappa shape index (κ3) is 5.18. The van der Waals surface area contributed by atoms with Crippen LogP contribution in [0.25, 0.3) is 0 Å². The number of hydrogen-bond acceptors (Lipinski definition) is 2. The van der Waals surface area contributed by atoms with Crippen molar-refractivity contribution < 1.29 is 4.79 Å². The number of aryl methyl sites for hydroxylation is 1. The molecule has 0 N–H and O–H groups in total. The molecular formula is C17H31N3O. The lowest BCUT2D eigenvalue weighted by atomic mass is 10.1. The van der Waals surface area contributed by atoms with Crippen LogP contribution in [-0.4, -0.2) is 34.2 Å². The minimum Gasteiger partial charge on any atom is -0.346 e. The summed E-state index contributed by atoms with van der Waals surface area (Å²) in [7, 11) is 1.90. The predicted octanol–water partition coefficient (Wildman–Crippen LogP) is 3.35. The van der Waals surface area contributed by atoms with Crippen LogP contribution < -0.4 is 0 Å². The molecule has 1 aromatic rings. The number of rotatable bonds is 8. The van der Waals surface area contributed by atoms with E-state index >= 15 is 0 Å². The first kappa shape index (κ1) is 17.7. The molecule has 4 heteroatoms. The minimum atomic E-state index is 0.235. The van der Waals surface area contributed by atoms with E-state index in [1.54, 1.807) is 0 Å². The first-order valence-corrected chi connectivity index (χ1v) is 8.13. The molecule has 21 heavy (non-hydrogen) atoms. The van der Waals surface area contributed by atoms with E-state index in [1.807, 2.05) is 18.9 Å². The molecule has 0 saturated carbocycles. The number of amides is 1. The fraction of sp³-hybridized carbons (Fsp3) is 0.765. The van der Waals surface area contributed by atoms with Crippen molar-refractivity contribution in [3.63, 3.8) is 0 Å². The molecule has 0 aliphatic heterocycles. The predicted molar refractivity (Wildman–Crippen MR) is 87.4 cm³/mol. The van der Waals surface area contributed by atoms with E-state index in [2.05, 4.69) is 37.5 Å². The Morgan fingerprint density at radius 1 is 1.33 bits per heavy atom. The van der Waals surface area contributed by atoms with Crippen LogP contribution in [0, 0.1) is 19.8 Å². The van der Waals surface area contributed by atoms with Gasteiger partial charge in [-0.15, -0.1) is 0 Å². The molecule has 1 amide bonds. The van der Waals surface area contributed by atoms with Gasteiger partial charge in [-0.2, -0.15) is 5.10 Å². The molecule has 0 fully saturated rings. The Morgan fingerprint density at radius 3 is 2.57 bits per heavy atom. The van der Waals surface area contributed by atoms with Gasteiger partial charge in [0.25, 0.3) is 0 Å². The zero-order valence-corrected chi connectivity index (χ0v) is 14.6. The summed E-state index contributed by atoms with van der Waals surface area (Å²) in [4.78, 5) is 14.0. The summed E-state index contributed by atoms with van der Waals surface area (Å²) in [5.41, 5.74) is 3.52. The van der Waals surface area contributed by atoms with Gasteiger partial charge >= 0.3 is 0 Å². The summed E-state index contributed by atoms with van der Waals surface area (Å²) < 4.78 is 2.08. The third-order valence-corrected chi connectivity index (χ3v) is 3.93. The molecule has 0 aliphatic rings. The largest absolute Gasteiger partial charge is 0.346 e. The van der Waals surface area contributed by atoms with Crippen LogP contribution in [0.3, 0.4) is 0 Å². The molecule has 1 aromatic heterocycles. The summed E-state index contributed by atoms with van der Waals surface area (Å²) in [6.07, 6.45) is 3.57. The smallest absolute Gasteiger partial charge is 0.222 e. The Morgan fingerprint density at radius 2 is 2.00 bits per heavy atom. The summed E-state index contributed by atoms with van der Waals surface area (Å²) in [5.74, 6) is 0.816. The minimum absolute atomic E-state index is 0.235. The van der Waals surface area contributed by atoms with Crippen LogP contribution in [0.2, 0.25) is 0 Å². The SMILES string of the molecule is CCCCN(C)C(=O)CCc1c(C)nn(CC(C)C)c1C. The Labute approximate surface area is 129 Å². The molecule has 0 bridgehead atoms. The lowest BCUT2D eigenvalue weighted by Gasteiger charge is -2.16. The second-order valence-electron chi connectivity index (χ2n) is 6.39. The monoisotopic (exact) mass is 293 g/mol. The highest BCUT2D eigenvalue weighted by molar-refractivity contribution is 5.76. The highest BCUT2D eigenvalue weighted by Gasteiger charge is 2.15. The Balaban J connectivity index is 2.63. The van der Waals surface area contributed by atoms with E-state index in [4.69, 9.17) is 0 Å². The maximum absolute atomic E-state index is 12.1. The first-order valence-electron chi connectivity index (χ1n) is 8.13. The van der Waals surface area contributed by atoms with E-state index in [-0.39, 0.29) is 5.91 Å². The van der Waals surface area contributed by atoms with Crippen molar-refractivity contribution in [2.75, 3.05) is 13.6 Å². The Kier molecular flexibility index (Phi) is 6.93. The third-order valence-electron chi connectivity index (χ3n) is 3.93. The average Bonchev–Trinajstić information content (AvgIpc) is 2.67. The molecule has 4 nitrogen and oxygen atoms in total. The maximum Gasteiger partial charge on any atom is 0.222 e. The summed E-state index contributed by atoms with van der Waals surface area (Å²) in [6.45, 7) is 12.5. The summed E-state index contributed by atoms with van der Waals surface area (Å²) in [6, 6.07) is 0. The van der Waals surface area contributed by atoms with Crippen molar-refractivity contribution in [3.8, 4) is 0 Å². The van der Waals surface area contributed by atoms with E-state index < -0.39 is 0 Å². The molecule has 0 radical (unpaired) electrons. The second-order valence-corrected chi connectivity index (χ2v) is 6.39. The molecule has 1 rings (SSSR count). The van der Waals surface area contributed by atoms with Crippen molar-refractivity contribution in [3.05, 3.63) is 17.0 Å². The van der Waals surface area contributed by atoms with Crippen molar-refractivity contribution >= 4 is 5.91 Å². The molecule has 1 heterocycles. The van der Waals surface area contributed by atoms with Gasteiger partial charge in [0.1, 0.15) is 0 Å². The number of unbranched alkanes of at least 4 members (excludes halogenated alkanes) is 1. The van der Waals surface area contributed by atoms with Crippen molar-refractivity contribution in [2.45, 2.75) is 66.8 Å². The van der Waals surface area contributed by atoms with E-state index in [9.17, 15) is 4.79 Å². The molecule has 0 spiro atoms. The first-order chi connectivity index (χ1) is 9.86. The molecule has 120 valence electrons. The number of carbonyl (C=O) groups excluding carboxylic acids is 1. The van der Waals surface area contributed by atoms with E-state index in [0.29, 0.717) is 12.3 Å². The zero-order valence-electron chi connectivity index (χ0n) is 14.6. The highest BCUT2D eigenvalue weighted by atomic mass is 16.2. The molecule has 0 aliphatic carbocycles. The number of hydrogen-bond donors (Lipinski definition) is 0. The Hall–Kier alpha value is -1.32. The Bertz CT molecular complexity index is 463. The van der Waals surface area contributed by atoms with Gasteiger partial charge in [0.05, 0.1) is 5.69 Å². The zero-order chi connectivity index (χ0) is 16.0. The lowest BCUT2D eigenvalue weighted by Crippen LogP contribution is -2.27. The number of nitrogens with zero attached hydrogens (tertiary/aromatic N) is 3.